The lowest BCUT2D eigenvalue weighted by molar-refractivity contribution is -0.230. The van der Waals surface area contributed by atoms with Crippen LogP contribution in [0.3, 0.4) is 0 Å². The largest absolute Gasteiger partial charge is 0.457 e. The van der Waals surface area contributed by atoms with Crippen LogP contribution in [0, 0.1) is 0 Å². The van der Waals surface area contributed by atoms with Gasteiger partial charge in [0, 0.05) is 6.92 Å². The molecule has 2 N–H and O–H groups in total. The average molecular weight is 262 g/mol. The van der Waals surface area contributed by atoms with Gasteiger partial charge in [-0.05, 0) is 13.8 Å². The van der Waals surface area contributed by atoms with Crippen LogP contribution in [-0.2, 0) is 23.7 Å². The van der Waals surface area contributed by atoms with E-state index in [0.717, 1.165) is 0 Å². The molecule has 104 valence electrons. The maximum absolute atomic E-state index is 11.1. The van der Waals surface area contributed by atoms with E-state index in [-0.39, 0.29) is 0 Å². The smallest absolute Gasteiger partial charge is 0.303 e. The Labute approximate surface area is 105 Å². The first-order valence-corrected chi connectivity index (χ1v) is 5.81. The predicted molar refractivity (Wildman–Crippen MR) is 57.3 cm³/mol. The van der Waals surface area contributed by atoms with Crippen molar-refractivity contribution in [3.8, 4) is 0 Å². The first kappa shape index (κ1) is 13.7. The molecule has 0 aromatic carbocycles. The predicted octanol–water partition coefficient (Wildman–Crippen LogP) is -0.852. The van der Waals surface area contributed by atoms with Gasteiger partial charge in [0.2, 0.25) is 0 Å². The molecule has 0 spiro atoms. The highest BCUT2D eigenvalue weighted by Crippen LogP contribution is 2.39. The van der Waals surface area contributed by atoms with Crippen LogP contribution < -0.4 is 0 Å². The van der Waals surface area contributed by atoms with Crippen molar-refractivity contribution >= 4 is 5.97 Å². The molecule has 0 bridgehead atoms. The molecule has 0 aromatic rings. The van der Waals surface area contributed by atoms with Crippen LogP contribution >= 0.6 is 0 Å². The molecule has 0 saturated carbocycles. The molecule has 2 fully saturated rings. The van der Waals surface area contributed by atoms with Gasteiger partial charge >= 0.3 is 5.97 Å². The normalized spacial score (nSPS) is 39.4. The second-order valence-electron chi connectivity index (χ2n) is 4.89. The van der Waals surface area contributed by atoms with Crippen LogP contribution in [0.25, 0.3) is 0 Å². The van der Waals surface area contributed by atoms with Crippen LogP contribution in [0.15, 0.2) is 0 Å². The molecule has 5 atom stereocenters. The lowest BCUT2D eigenvalue weighted by atomic mass is 10.1. The Balaban J connectivity index is 2.14. The highest BCUT2D eigenvalue weighted by atomic mass is 16.8. The first-order valence-electron chi connectivity index (χ1n) is 5.81. The average Bonchev–Trinajstić information content (AvgIpc) is 2.71. The summed E-state index contributed by atoms with van der Waals surface area (Å²) < 4.78 is 21.6. The molecular formula is C11H18O7. The van der Waals surface area contributed by atoms with Crippen LogP contribution in [0.1, 0.15) is 20.8 Å². The van der Waals surface area contributed by atoms with Crippen LogP contribution in [0.5, 0.6) is 0 Å². The Hall–Kier alpha value is -0.730. The Bertz CT molecular complexity index is 329. The van der Waals surface area contributed by atoms with E-state index in [0.29, 0.717) is 0 Å². The van der Waals surface area contributed by atoms with E-state index in [1.807, 2.05) is 0 Å². The number of aliphatic hydroxyl groups excluding tert-OH is 2. The fraction of sp³-hybridized carbons (Fsp3) is 0.909. The molecule has 0 radical (unpaired) electrons. The van der Waals surface area contributed by atoms with Gasteiger partial charge in [0.05, 0.1) is 6.61 Å². The number of fused-ring (bicyclic) bond motifs is 1. The van der Waals surface area contributed by atoms with Crippen molar-refractivity contribution < 1.29 is 34.0 Å². The minimum atomic E-state index is -1.16. The summed E-state index contributed by atoms with van der Waals surface area (Å²) in [6.07, 6.45) is -4.12. The molecule has 2 aliphatic heterocycles. The molecule has 3 unspecified atom stereocenters. The van der Waals surface area contributed by atoms with E-state index in [1.54, 1.807) is 13.8 Å². The number of esters is 1. The van der Waals surface area contributed by atoms with Crippen molar-refractivity contribution in [1.82, 2.24) is 0 Å². The Morgan fingerprint density at radius 1 is 1.44 bits per heavy atom. The van der Waals surface area contributed by atoms with Crippen molar-refractivity contribution in [2.75, 3.05) is 6.61 Å². The zero-order valence-electron chi connectivity index (χ0n) is 10.5. The summed E-state index contributed by atoms with van der Waals surface area (Å²) >= 11 is 0. The third kappa shape index (κ3) is 2.50. The molecule has 2 aliphatic rings. The summed E-state index contributed by atoms with van der Waals surface area (Å²) in [4.78, 5) is 11.1. The number of carbonyl (C=O) groups is 1. The maximum Gasteiger partial charge on any atom is 0.303 e. The van der Waals surface area contributed by atoms with Gasteiger partial charge in [0.25, 0.3) is 0 Å². The van der Waals surface area contributed by atoms with E-state index < -0.39 is 49.1 Å². The van der Waals surface area contributed by atoms with Crippen LogP contribution in [-0.4, -0.2) is 59.3 Å². The van der Waals surface area contributed by atoms with Crippen molar-refractivity contribution in [3.05, 3.63) is 0 Å². The summed E-state index contributed by atoms with van der Waals surface area (Å²) in [6.45, 7) is 4.20. The van der Waals surface area contributed by atoms with Gasteiger partial charge in [0.1, 0.15) is 12.2 Å². The Morgan fingerprint density at radius 2 is 2.11 bits per heavy atom. The first-order chi connectivity index (χ1) is 8.34. The fourth-order valence-corrected chi connectivity index (χ4v) is 2.24. The zero-order chi connectivity index (χ0) is 13.5. The summed E-state index contributed by atoms with van der Waals surface area (Å²) in [5.74, 6) is -1.34. The second kappa shape index (κ2) is 4.75. The quantitative estimate of drug-likeness (QED) is 0.639. The molecule has 2 rings (SSSR count). The summed E-state index contributed by atoms with van der Waals surface area (Å²) in [5, 5.41) is 18.6. The number of carbonyl (C=O) groups excluding carboxylic acids is 1. The van der Waals surface area contributed by atoms with Gasteiger partial charge in [-0.3, -0.25) is 4.79 Å². The van der Waals surface area contributed by atoms with E-state index >= 15 is 0 Å². The number of hydrogen-bond donors (Lipinski definition) is 2. The maximum atomic E-state index is 11.1. The molecular weight excluding hydrogens is 244 g/mol. The van der Waals surface area contributed by atoms with Gasteiger partial charge in [-0.1, -0.05) is 0 Å². The number of hydrogen-bond acceptors (Lipinski definition) is 7. The molecule has 2 saturated heterocycles. The number of aliphatic hydroxyl groups is 2. The van der Waals surface area contributed by atoms with Crippen molar-refractivity contribution in [2.45, 2.75) is 57.3 Å². The Morgan fingerprint density at radius 3 is 2.67 bits per heavy atom. The molecule has 0 aromatic heterocycles. The van der Waals surface area contributed by atoms with Crippen molar-refractivity contribution in [3.63, 3.8) is 0 Å². The van der Waals surface area contributed by atoms with E-state index in [9.17, 15) is 9.90 Å². The summed E-state index contributed by atoms with van der Waals surface area (Å²) in [5.41, 5.74) is 0. The Kier molecular flexibility index (Phi) is 3.61. The molecule has 0 aliphatic carbocycles. The van der Waals surface area contributed by atoms with Gasteiger partial charge in [-0.2, -0.15) is 0 Å². The molecule has 2 heterocycles. The van der Waals surface area contributed by atoms with Gasteiger partial charge in [-0.15, -0.1) is 0 Å². The van der Waals surface area contributed by atoms with E-state index in [4.69, 9.17) is 24.1 Å². The topological polar surface area (TPSA) is 94.5 Å². The van der Waals surface area contributed by atoms with E-state index in [2.05, 4.69) is 0 Å². The standard InChI is InChI=1S/C11H18O7/c1-5(13)15-8-7(6(14)4-12)16-10-9(8)17-11(2,3)18-10/h6-10,12,14H,4H2,1-3H3/t6?,7-,8?,9?,10+/m1/s1. The molecule has 18 heavy (non-hydrogen) atoms. The fourth-order valence-electron chi connectivity index (χ4n) is 2.24. The zero-order valence-corrected chi connectivity index (χ0v) is 10.5. The van der Waals surface area contributed by atoms with Crippen LogP contribution in [0.2, 0.25) is 0 Å². The van der Waals surface area contributed by atoms with Gasteiger partial charge in [0.15, 0.2) is 24.3 Å². The second-order valence-corrected chi connectivity index (χ2v) is 4.89. The highest BCUT2D eigenvalue weighted by molar-refractivity contribution is 5.66. The van der Waals surface area contributed by atoms with Crippen LogP contribution in [0.4, 0.5) is 0 Å². The summed E-state index contributed by atoms with van der Waals surface area (Å²) in [6, 6.07) is 0. The number of ether oxygens (including phenoxy) is 4. The molecule has 7 heteroatoms. The molecule has 7 nitrogen and oxygen atoms in total. The lowest BCUT2D eigenvalue weighted by Crippen LogP contribution is -2.44. The molecule has 0 amide bonds. The highest BCUT2D eigenvalue weighted by Gasteiger charge is 2.57. The van der Waals surface area contributed by atoms with Gasteiger partial charge < -0.3 is 29.2 Å². The lowest BCUT2D eigenvalue weighted by Gasteiger charge is -2.27. The van der Waals surface area contributed by atoms with Crippen molar-refractivity contribution in [1.29, 1.82) is 0 Å². The minimum absolute atomic E-state index is 0.495. The third-order valence-electron chi connectivity index (χ3n) is 2.90. The van der Waals surface area contributed by atoms with Crippen molar-refractivity contribution in [2.24, 2.45) is 0 Å². The summed E-state index contributed by atoms with van der Waals surface area (Å²) in [7, 11) is 0. The number of rotatable bonds is 3. The minimum Gasteiger partial charge on any atom is -0.457 e. The van der Waals surface area contributed by atoms with E-state index in [1.165, 1.54) is 6.92 Å². The van der Waals surface area contributed by atoms with Gasteiger partial charge in [-0.25, -0.2) is 0 Å². The monoisotopic (exact) mass is 262 g/mol. The third-order valence-corrected chi connectivity index (χ3v) is 2.90. The SMILES string of the molecule is CC(=O)OC1C2OC(C)(C)O[C@@H]2O[C@@H]1C(O)CO.